The fraction of sp³-hybridized carbons (Fsp3) is 0.125. The van der Waals surface area contributed by atoms with Crippen LogP contribution < -0.4 is 0 Å². The van der Waals surface area contributed by atoms with E-state index in [0.29, 0.717) is 17.0 Å². The number of halogens is 6. The molecule has 0 bridgehead atoms. The lowest BCUT2D eigenvalue weighted by atomic mass is 9.91. The Morgan fingerprint density at radius 3 is 2.28 bits per heavy atom. The second kappa shape index (κ2) is 6.65. The molecule has 0 spiro atoms. The van der Waals surface area contributed by atoms with E-state index in [2.05, 4.69) is 15.0 Å². The van der Waals surface area contributed by atoms with Crippen LogP contribution in [0.3, 0.4) is 0 Å². The molecule has 1 aromatic carbocycles. The Labute approximate surface area is 149 Å². The first-order chi connectivity index (χ1) is 11.8. The first-order valence-corrected chi connectivity index (χ1v) is 7.70. The van der Waals surface area contributed by atoms with Crippen molar-refractivity contribution in [2.75, 3.05) is 0 Å². The molecule has 25 heavy (non-hydrogen) atoms. The molecule has 1 N–H and O–H groups in total. The number of nitrogens with zero attached hydrogens (tertiary/aromatic N) is 2. The summed E-state index contributed by atoms with van der Waals surface area (Å²) in [7, 11) is 0. The lowest BCUT2D eigenvalue weighted by Gasteiger charge is -2.17. The van der Waals surface area contributed by atoms with E-state index in [1.165, 1.54) is 30.5 Å². The van der Waals surface area contributed by atoms with Crippen molar-refractivity contribution >= 4 is 23.2 Å². The Balaban J connectivity index is 2.13. The van der Waals surface area contributed by atoms with Gasteiger partial charge in [-0.15, -0.1) is 0 Å². The zero-order valence-electron chi connectivity index (χ0n) is 12.3. The smallest absolute Gasteiger partial charge is 0.348 e. The average molecular weight is 390 g/mol. The standard InChI is InChI=1S/C16H9Cl2F4N3/c17-10-5-8(1-2-12(10)19)13(15-23-3-4-24-15)9-6-11(18)14(25-7-9)16(20,21)22/h1-7,13H,(H,23,24). The maximum Gasteiger partial charge on any atom is 0.434 e. The van der Waals surface area contributed by atoms with E-state index in [9.17, 15) is 17.6 Å². The zero-order valence-corrected chi connectivity index (χ0v) is 13.8. The van der Waals surface area contributed by atoms with Gasteiger partial charge in [-0.25, -0.2) is 9.37 Å². The third kappa shape index (κ3) is 3.62. The number of H-pyrrole nitrogens is 1. The Morgan fingerprint density at radius 1 is 1.00 bits per heavy atom. The number of hydrogen-bond acceptors (Lipinski definition) is 2. The molecule has 0 amide bonds. The highest BCUT2D eigenvalue weighted by molar-refractivity contribution is 6.31. The van der Waals surface area contributed by atoms with Crippen molar-refractivity contribution in [2.24, 2.45) is 0 Å². The van der Waals surface area contributed by atoms with Gasteiger partial charge in [0.15, 0.2) is 5.69 Å². The second-order valence-corrected chi connectivity index (χ2v) is 5.99. The predicted octanol–water partition coefficient (Wildman–Crippen LogP) is 5.45. The molecule has 1 unspecified atom stereocenters. The topological polar surface area (TPSA) is 41.6 Å². The molecule has 2 aromatic heterocycles. The highest BCUT2D eigenvalue weighted by Crippen LogP contribution is 2.37. The highest BCUT2D eigenvalue weighted by atomic mass is 35.5. The molecule has 0 radical (unpaired) electrons. The second-order valence-electron chi connectivity index (χ2n) is 5.18. The van der Waals surface area contributed by atoms with Crippen molar-refractivity contribution in [1.82, 2.24) is 15.0 Å². The van der Waals surface area contributed by atoms with Crippen molar-refractivity contribution in [1.29, 1.82) is 0 Å². The molecule has 2 heterocycles. The van der Waals surface area contributed by atoms with Crippen LogP contribution in [0.2, 0.25) is 10.0 Å². The van der Waals surface area contributed by atoms with Crippen molar-refractivity contribution < 1.29 is 17.6 Å². The molecule has 0 aliphatic rings. The number of benzene rings is 1. The van der Waals surface area contributed by atoms with Crippen LogP contribution in [0.5, 0.6) is 0 Å². The molecular weight excluding hydrogens is 381 g/mol. The average Bonchev–Trinajstić information content (AvgIpc) is 3.04. The SMILES string of the molecule is Fc1ccc(C(c2cnc(C(F)(F)F)c(Cl)c2)c2ncc[nH]2)cc1Cl. The summed E-state index contributed by atoms with van der Waals surface area (Å²) in [6, 6.07) is 5.20. The summed E-state index contributed by atoms with van der Waals surface area (Å²) in [6.45, 7) is 0. The number of aromatic nitrogens is 3. The number of rotatable bonds is 3. The zero-order chi connectivity index (χ0) is 18.2. The molecule has 0 saturated carbocycles. The fourth-order valence-electron chi connectivity index (χ4n) is 2.45. The van der Waals surface area contributed by atoms with Gasteiger partial charge in [0.25, 0.3) is 0 Å². The van der Waals surface area contributed by atoms with Crippen molar-refractivity contribution in [3.8, 4) is 0 Å². The van der Waals surface area contributed by atoms with E-state index >= 15 is 0 Å². The number of nitrogens with one attached hydrogen (secondary N) is 1. The van der Waals surface area contributed by atoms with Gasteiger partial charge in [0.1, 0.15) is 11.6 Å². The third-order valence-corrected chi connectivity index (χ3v) is 4.11. The predicted molar refractivity (Wildman–Crippen MR) is 85.2 cm³/mol. The van der Waals surface area contributed by atoms with Crippen LogP contribution in [0.1, 0.15) is 28.6 Å². The van der Waals surface area contributed by atoms with Crippen LogP contribution in [-0.4, -0.2) is 15.0 Å². The molecule has 1 atom stereocenters. The summed E-state index contributed by atoms with van der Waals surface area (Å²) in [4.78, 5) is 10.5. The molecule has 0 aliphatic carbocycles. The van der Waals surface area contributed by atoms with E-state index in [0.717, 1.165) is 6.20 Å². The van der Waals surface area contributed by atoms with Crippen molar-refractivity contribution in [3.05, 3.63) is 81.4 Å². The number of pyridine rings is 1. The van der Waals surface area contributed by atoms with Gasteiger partial charge >= 0.3 is 6.18 Å². The first-order valence-electron chi connectivity index (χ1n) is 6.94. The number of aromatic amines is 1. The van der Waals surface area contributed by atoms with Crippen LogP contribution in [-0.2, 0) is 6.18 Å². The minimum Gasteiger partial charge on any atom is -0.348 e. The van der Waals surface area contributed by atoms with Crippen LogP contribution >= 0.6 is 23.2 Å². The van der Waals surface area contributed by atoms with Gasteiger partial charge in [-0.3, -0.25) is 4.98 Å². The summed E-state index contributed by atoms with van der Waals surface area (Å²) in [6.07, 6.45) is -0.534. The van der Waals surface area contributed by atoms with Gasteiger partial charge in [-0.05, 0) is 29.3 Å². The normalized spacial score (nSPS) is 13.0. The highest BCUT2D eigenvalue weighted by Gasteiger charge is 2.35. The van der Waals surface area contributed by atoms with Crippen molar-refractivity contribution in [2.45, 2.75) is 12.1 Å². The Kier molecular flexibility index (Phi) is 4.71. The summed E-state index contributed by atoms with van der Waals surface area (Å²) in [5.74, 6) is -0.812. The number of hydrogen-bond donors (Lipinski definition) is 1. The minimum absolute atomic E-state index is 0.111. The lowest BCUT2D eigenvalue weighted by Crippen LogP contribution is -2.12. The van der Waals surface area contributed by atoms with E-state index in [1.54, 1.807) is 6.20 Å². The Morgan fingerprint density at radius 2 is 1.72 bits per heavy atom. The summed E-state index contributed by atoms with van der Waals surface area (Å²) in [5, 5.41) is -0.644. The largest absolute Gasteiger partial charge is 0.434 e. The van der Waals surface area contributed by atoms with E-state index in [-0.39, 0.29) is 5.02 Å². The van der Waals surface area contributed by atoms with Gasteiger partial charge < -0.3 is 4.98 Å². The van der Waals surface area contributed by atoms with Gasteiger partial charge in [0, 0.05) is 18.6 Å². The third-order valence-electron chi connectivity index (χ3n) is 3.53. The first kappa shape index (κ1) is 17.7. The van der Waals surface area contributed by atoms with E-state index < -0.39 is 28.6 Å². The van der Waals surface area contributed by atoms with Gasteiger partial charge in [0.2, 0.25) is 0 Å². The fourth-order valence-corrected chi connectivity index (χ4v) is 2.93. The molecular formula is C16H9Cl2F4N3. The molecule has 9 heteroatoms. The number of alkyl halides is 3. The molecule has 0 aliphatic heterocycles. The van der Waals surface area contributed by atoms with Gasteiger partial charge in [-0.1, -0.05) is 29.3 Å². The van der Waals surface area contributed by atoms with Crippen molar-refractivity contribution in [3.63, 3.8) is 0 Å². The minimum atomic E-state index is -4.66. The Bertz CT molecular complexity index is 895. The maximum absolute atomic E-state index is 13.4. The molecule has 130 valence electrons. The van der Waals surface area contributed by atoms with Crippen LogP contribution in [0.4, 0.5) is 17.6 Å². The molecule has 3 aromatic rings. The lowest BCUT2D eigenvalue weighted by molar-refractivity contribution is -0.141. The summed E-state index contributed by atoms with van der Waals surface area (Å²) < 4.78 is 52.0. The Hall–Kier alpha value is -2.12. The van der Waals surface area contributed by atoms with Crippen LogP contribution in [0.15, 0.2) is 42.9 Å². The molecule has 3 nitrogen and oxygen atoms in total. The molecule has 3 rings (SSSR count). The maximum atomic E-state index is 13.4. The van der Waals surface area contributed by atoms with Crippen LogP contribution in [0.25, 0.3) is 0 Å². The van der Waals surface area contributed by atoms with Crippen LogP contribution in [0, 0.1) is 5.82 Å². The monoisotopic (exact) mass is 389 g/mol. The van der Waals surface area contributed by atoms with Gasteiger partial charge in [-0.2, -0.15) is 13.2 Å². The summed E-state index contributed by atoms with van der Waals surface area (Å²) >= 11 is 11.6. The summed E-state index contributed by atoms with van der Waals surface area (Å²) in [5.41, 5.74) is -0.289. The van der Waals surface area contributed by atoms with E-state index in [1.807, 2.05) is 0 Å². The molecule has 0 fully saturated rings. The van der Waals surface area contributed by atoms with Gasteiger partial charge in [0.05, 0.1) is 16.0 Å². The van der Waals surface area contributed by atoms with E-state index in [4.69, 9.17) is 23.2 Å². The number of imidazole rings is 1. The quantitative estimate of drug-likeness (QED) is 0.605. The molecule has 0 saturated heterocycles.